The lowest BCUT2D eigenvalue weighted by molar-refractivity contribution is 1.12. The lowest BCUT2D eigenvalue weighted by Crippen LogP contribution is -2.02. The van der Waals surface area contributed by atoms with Crippen LogP contribution in [0.4, 0.5) is 17.3 Å². The Morgan fingerprint density at radius 3 is 2.95 bits per heavy atom. The molecule has 0 radical (unpaired) electrons. The molecule has 0 bridgehead atoms. The minimum Gasteiger partial charge on any atom is -0.372 e. The molecule has 5 nitrogen and oxygen atoms in total. The molecule has 0 spiro atoms. The summed E-state index contributed by atoms with van der Waals surface area (Å²) in [5.74, 6) is 1.42. The number of aromatic nitrogens is 3. The molecule has 2 N–H and O–H groups in total. The number of rotatable bonds is 3. The fraction of sp³-hybridized carbons (Fsp3) is 0.0769. The van der Waals surface area contributed by atoms with Crippen molar-refractivity contribution in [2.24, 2.45) is 0 Å². The lowest BCUT2D eigenvalue weighted by Gasteiger charge is -2.10. The highest BCUT2D eigenvalue weighted by Crippen LogP contribution is 2.28. The molecule has 1 aromatic carbocycles. The second-order valence-electron chi connectivity index (χ2n) is 4.14. The Bertz CT molecular complexity index is 771. The molecule has 2 heterocycles. The number of imidazole rings is 1. The van der Waals surface area contributed by atoms with E-state index in [9.17, 15) is 0 Å². The van der Waals surface area contributed by atoms with Gasteiger partial charge in [0.2, 0.25) is 0 Å². The number of fused-ring (bicyclic) bond motifs is 1. The Balaban J connectivity index is 2.04. The molecule has 102 valence electrons. The maximum atomic E-state index is 6.10. The molecule has 3 aromatic rings. The molecule has 0 aliphatic rings. The number of halogens is 2. The summed E-state index contributed by atoms with van der Waals surface area (Å²) >= 11 is 9.46. The Hall–Kier alpha value is -1.79. The number of benzene rings is 1. The van der Waals surface area contributed by atoms with Crippen LogP contribution in [-0.4, -0.2) is 21.4 Å². The molecule has 2 aromatic heterocycles. The highest BCUT2D eigenvalue weighted by atomic mass is 79.9. The molecule has 3 rings (SSSR count). The summed E-state index contributed by atoms with van der Waals surface area (Å²) in [5.41, 5.74) is 1.60. The number of hydrogen-bond acceptors (Lipinski definition) is 4. The van der Waals surface area contributed by atoms with Gasteiger partial charge in [0.15, 0.2) is 11.5 Å². The predicted octanol–water partition coefficient (Wildman–Crippen LogP) is 3.93. The van der Waals surface area contributed by atoms with E-state index in [4.69, 9.17) is 11.6 Å². The van der Waals surface area contributed by atoms with Crippen LogP contribution in [0.3, 0.4) is 0 Å². The molecular weight excluding hydrogens is 342 g/mol. The fourth-order valence-electron chi connectivity index (χ4n) is 1.85. The summed E-state index contributed by atoms with van der Waals surface area (Å²) in [6.45, 7) is 0. The molecule has 0 atom stereocenters. The van der Waals surface area contributed by atoms with E-state index in [0.717, 1.165) is 21.6 Å². The molecule has 0 aliphatic carbocycles. The minimum absolute atomic E-state index is 0.638. The van der Waals surface area contributed by atoms with E-state index in [2.05, 4.69) is 36.5 Å². The van der Waals surface area contributed by atoms with Gasteiger partial charge in [-0.2, -0.15) is 0 Å². The molecule has 0 amide bonds. The van der Waals surface area contributed by atoms with Crippen molar-refractivity contribution in [3.05, 3.63) is 46.3 Å². The van der Waals surface area contributed by atoms with Crippen molar-refractivity contribution in [2.45, 2.75) is 0 Å². The second-order valence-corrected chi connectivity index (χ2v) is 5.40. The highest BCUT2D eigenvalue weighted by Gasteiger charge is 2.08. The van der Waals surface area contributed by atoms with Crippen LogP contribution in [0.2, 0.25) is 5.02 Å². The zero-order valence-electron chi connectivity index (χ0n) is 10.6. The first-order valence-corrected chi connectivity index (χ1v) is 7.08. The van der Waals surface area contributed by atoms with E-state index < -0.39 is 0 Å². The first-order valence-electron chi connectivity index (χ1n) is 5.91. The quantitative estimate of drug-likeness (QED) is 0.750. The van der Waals surface area contributed by atoms with Gasteiger partial charge in [0.25, 0.3) is 0 Å². The largest absolute Gasteiger partial charge is 0.372 e. The van der Waals surface area contributed by atoms with E-state index in [0.29, 0.717) is 10.8 Å². The SMILES string of the molecule is CNc1cn2ccnc2c(Nc2ccc(Br)c(Cl)c2)n1. The van der Waals surface area contributed by atoms with Crippen LogP contribution in [0.15, 0.2) is 41.3 Å². The van der Waals surface area contributed by atoms with Gasteiger partial charge < -0.3 is 15.0 Å². The summed E-state index contributed by atoms with van der Waals surface area (Å²) < 4.78 is 2.76. The van der Waals surface area contributed by atoms with Crippen molar-refractivity contribution < 1.29 is 0 Å². The second kappa shape index (κ2) is 5.30. The van der Waals surface area contributed by atoms with Crippen LogP contribution < -0.4 is 10.6 Å². The topological polar surface area (TPSA) is 54.2 Å². The summed E-state index contributed by atoms with van der Waals surface area (Å²) in [6.07, 6.45) is 5.48. The number of nitrogens with one attached hydrogen (secondary N) is 2. The summed E-state index contributed by atoms with van der Waals surface area (Å²) in [6, 6.07) is 5.64. The van der Waals surface area contributed by atoms with Crippen LogP contribution in [-0.2, 0) is 0 Å². The predicted molar refractivity (Wildman–Crippen MR) is 85.0 cm³/mol. The van der Waals surface area contributed by atoms with Gasteiger partial charge in [-0.3, -0.25) is 0 Å². The highest BCUT2D eigenvalue weighted by molar-refractivity contribution is 9.10. The molecule has 0 saturated heterocycles. The van der Waals surface area contributed by atoms with Gasteiger partial charge in [-0.25, -0.2) is 9.97 Å². The van der Waals surface area contributed by atoms with Crippen LogP contribution in [0.25, 0.3) is 5.65 Å². The summed E-state index contributed by atoms with van der Waals surface area (Å²) in [7, 11) is 1.82. The van der Waals surface area contributed by atoms with Gasteiger partial charge in [0, 0.05) is 29.6 Å². The van der Waals surface area contributed by atoms with Crippen molar-refractivity contribution in [2.75, 3.05) is 17.7 Å². The van der Waals surface area contributed by atoms with Gasteiger partial charge >= 0.3 is 0 Å². The number of nitrogens with zero attached hydrogens (tertiary/aromatic N) is 3. The third kappa shape index (κ3) is 2.44. The monoisotopic (exact) mass is 351 g/mol. The third-order valence-electron chi connectivity index (χ3n) is 2.81. The van der Waals surface area contributed by atoms with E-state index in [1.807, 2.05) is 42.0 Å². The zero-order chi connectivity index (χ0) is 14.1. The van der Waals surface area contributed by atoms with Crippen LogP contribution >= 0.6 is 27.5 Å². The van der Waals surface area contributed by atoms with Crippen molar-refractivity contribution in [1.82, 2.24) is 14.4 Å². The molecule has 0 aliphatic heterocycles. The maximum Gasteiger partial charge on any atom is 0.180 e. The normalized spacial score (nSPS) is 10.8. The molecule has 0 fully saturated rings. The minimum atomic E-state index is 0.638. The van der Waals surface area contributed by atoms with Gasteiger partial charge in [-0.15, -0.1) is 0 Å². The summed E-state index contributed by atoms with van der Waals surface area (Å²) in [4.78, 5) is 8.78. The van der Waals surface area contributed by atoms with Gasteiger partial charge in [-0.1, -0.05) is 11.6 Å². The smallest absolute Gasteiger partial charge is 0.180 e. The van der Waals surface area contributed by atoms with E-state index >= 15 is 0 Å². The Morgan fingerprint density at radius 1 is 1.35 bits per heavy atom. The van der Waals surface area contributed by atoms with Crippen LogP contribution in [0, 0.1) is 0 Å². The summed E-state index contributed by atoms with van der Waals surface area (Å²) in [5, 5.41) is 6.90. The number of hydrogen-bond donors (Lipinski definition) is 2. The van der Waals surface area contributed by atoms with E-state index in [1.165, 1.54) is 0 Å². The maximum absolute atomic E-state index is 6.10. The molecule has 0 unspecified atom stereocenters. The average molecular weight is 353 g/mol. The van der Waals surface area contributed by atoms with E-state index in [-0.39, 0.29) is 0 Å². The standard InChI is InChI=1S/C13H11BrClN5/c1-16-11-7-20-5-4-17-13(20)12(19-11)18-8-2-3-9(14)10(15)6-8/h2-7,16H,1H3,(H,18,19). The number of anilines is 3. The Kier molecular flexibility index (Phi) is 3.50. The molecule has 0 saturated carbocycles. The van der Waals surface area contributed by atoms with Gasteiger partial charge in [0.1, 0.15) is 5.82 Å². The van der Waals surface area contributed by atoms with Crippen molar-refractivity contribution >= 4 is 50.5 Å². The fourth-order valence-corrected chi connectivity index (χ4v) is 2.27. The first kappa shape index (κ1) is 13.2. The molecule has 20 heavy (non-hydrogen) atoms. The van der Waals surface area contributed by atoms with Crippen LogP contribution in [0.5, 0.6) is 0 Å². The van der Waals surface area contributed by atoms with Crippen molar-refractivity contribution in [3.63, 3.8) is 0 Å². The van der Waals surface area contributed by atoms with Gasteiger partial charge in [0.05, 0.1) is 11.2 Å². The Morgan fingerprint density at radius 2 is 2.20 bits per heavy atom. The first-order chi connectivity index (χ1) is 9.67. The molecule has 7 heteroatoms. The van der Waals surface area contributed by atoms with Crippen molar-refractivity contribution in [1.29, 1.82) is 0 Å². The molecular formula is C13H11BrClN5. The average Bonchev–Trinajstić information content (AvgIpc) is 2.91. The lowest BCUT2D eigenvalue weighted by atomic mass is 10.3. The van der Waals surface area contributed by atoms with E-state index in [1.54, 1.807) is 6.20 Å². The van der Waals surface area contributed by atoms with Crippen LogP contribution in [0.1, 0.15) is 0 Å². The zero-order valence-corrected chi connectivity index (χ0v) is 12.9. The van der Waals surface area contributed by atoms with Crippen molar-refractivity contribution in [3.8, 4) is 0 Å². The van der Waals surface area contributed by atoms with Gasteiger partial charge in [-0.05, 0) is 34.1 Å². The Labute approximate surface area is 129 Å². The third-order valence-corrected chi connectivity index (χ3v) is 4.05.